The molecule has 0 aromatic heterocycles. The maximum Gasteiger partial charge on any atom is 0.326 e. The Bertz CT molecular complexity index is 327. The molecule has 108 valence electrons. The predicted molar refractivity (Wildman–Crippen MR) is 68.5 cm³/mol. The molecule has 19 heavy (non-hydrogen) atoms. The van der Waals surface area contributed by atoms with Crippen molar-refractivity contribution < 1.29 is 19.4 Å². The highest BCUT2D eigenvalue weighted by Gasteiger charge is 2.22. The quantitative estimate of drug-likeness (QED) is 0.646. The molecule has 7 nitrogen and oxygen atoms in total. The van der Waals surface area contributed by atoms with Crippen molar-refractivity contribution >= 4 is 12.0 Å². The van der Waals surface area contributed by atoms with Crippen molar-refractivity contribution in [3.8, 4) is 6.07 Å². The summed E-state index contributed by atoms with van der Waals surface area (Å²) in [5, 5.41) is 20.0. The van der Waals surface area contributed by atoms with Crippen LogP contribution in [0.1, 0.15) is 26.2 Å². The molecular formula is C12H21N3O4. The second kappa shape index (κ2) is 10.1. The third-order valence-electron chi connectivity index (χ3n) is 2.52. The number of nitrogens with one attached hydrogen (secondary N) is 1. The first kappa shape index (κ1) is 17.2. The smallest absolute Gasteiger partial charge is 0.326 e. The number of nitrogens with zero attached hydrogens (tertiary/aromatic N) is 2. The van der Waals surface area contributed by atoms with Gasteiger partial charge in [-0.15, -0.1) is 0 Å². The topological polar surface area (TPSA) is 103 Å². The van der Waals surface area contributed by atoms with Gasteiger partial charge in [0, 0.05) is 20.2 Å². The Morgan fingerprint density at radius 1 is 1.47 bits per heavy atom. The van der Waals surface area contributed by atoms with Gasteiger partial charge in [0.05, 0.1) is 19.1 Å². The molecule has 0 spiro atoms. The molecule has 2 N–H and O–H groups in total. The monoisotopic (exact) mass is 271 g/mol. The molecule has 0 aliphatic carbocycles. The van der Waals surface area contributed by atoms with Crippen molar-refractivity contribution in [3.63, 3.8) is 0 Å². The van der Waals surface area contributed by atoms with Crippen LogP contribution in [0.2, 0.25) is 0 Å². The second-order valence-corrected chi connectivity index (χ2v) is 4.02. The lowest BCUT2D eigenvalue weighted by Gasteiger charge is -2.24. The van der Waals surface area contributed by atoms with Gasteiger partial charge in [-0.1, -0.05) is 13.3 Å². The van der Waals surface area contributed by atoms with E-state index in [4.69, 9.17) is 15.1 Å². The SMILES string of the molecule is CCC[C@H](NC(=O)N(CCC#N)CCOC)C(=O)O. The molecule has 0 aliphatic rings. The van der Waals surface area contributed by atoms with Crippen molar-refractivity contribution in [2.45, 2.75) is 32.2 Å². The van der Waals surface area contributed by atoms with Crippen LogP contribution >= 0.6 is 0 Å². The van der Waals surface area contributed by atoms with Gasteiger partial charge in [0.2, 0.25) is 0 Å². The average Bonchev–Trinajstić information content (AvgIpc) is 2.38. The standard InChI is InChI=1S/C12H21N3O4/c1-3-5-10(11(16)17)14-12(18)15(7-4-6-13)8-9-19-2/h10H,3-5,7-9H2,1-2H3,(H,14,18)(H,16,17)/t10-/m0/s1. The zero-order chi connectivity index (χ0) is 14.7. The number of hydrogen-bond donors (Lipinski definition) is 2. The van der Waals surface area contributed by atoms with E-state index >= 15 is 0 Å². The van der Waals surface area contributed by atoms with E-state index in [0.29, 0.717) is 26.0 Å². The van der Waals surface area contributed by atoms with E-state index in [9.17, 15) is 9.59 Å². The summed E-state index contributed by atoms with van der Waals surface area (Å²) in [5.41, 5.74) is 0. The molecule has 7 heteroatoms. The van der Waals surface area contributed by atoms with E-state index < -0.39 is 18.0 Å². The van der Waals surface area contributed by atoms with Crippen molar-refractivity contribution in [3.05, 3.63) is 0 Å². The van der Waals surface area contributed by atoms with Gasteiger partial charge in [0.15, 0.2) is 0 Å². The number of carboxylic acid groups (broad SMARTS) is 1. The van der Waals surface area contributed by atoms with Crippen LogP contribution < -0.4 is 5.32 Å². The average molecular weight is 271 g/mol. The van der Waals surface area contributed by atoms with E-state index in [1.807, 2.05) is 13.0 Å². The molecule has 0 unspecified atom stereocenters. The maximum atomic E-state index is 11.9. The van der Waals surface area contributed by atoms with E-state index in [0.717, 1.165) is 0 Å². The first-order valence-corrected chi connectivity index (χ1v) is 6.20. The molecule has 0 heterocycles. The Morgan fingerprint density at radius 3 is 2.63 bits per heavy atom. The predicted octanol–water partition coefficient (Wildman–Crippen LogP) is 0.811. The van der Waals surface area contributed by atoms with Gasteiger partial charge < -0.3 is 20.1 Å². The van der Waals surface area contributed by atoms with Gasteiger partial charge in [0.1, 0.15) is 6.04 Å². The van der Waals surface area contributed by atoms with Crippen molar-refractivity contribution in [1.82, 2.24) is 10.2 Å². The van der Waals surface area contributed by atoms with E-state index in [1.54, 1.807) is 0 Å². The van der Waals surface area contributed by atoms with Crippen molar-refractivity contribution in [1.29, 1.82) is 5.26 Å². The molecule has 1 atom stereocenters. The van der Waals surface area contributed by atoms with Crippen molar-refractivity contribution in [2.24, 2.45) is 0 Å². The van der Waals surface area contributed by atoms with Crippen molar-refractivity contribution in [2.75, 3.05) is 26.8 Å². The highest BCUT2D eigenvalue weighted by Crippen LogP contribution is 2.00. The van der Waals surface area contributed by atoms with Gasteiger partial charge in [-0.05, 0) is 6.42 Å². The molecular weight excluding hydrogens is 250 g/mol. The third kappa shape index (κ3) is 7.26. The zero-order valence-corrected chi connectivity index (χ0v) is 11.4. The molecule has 0 fully saturated rings. The van der Waals surface area contributed by atoms with E-state index in [2.05, 4.69) is 5.32 Å². The Balaban J connectivity index is 4.50. The summed E-state index contributed by atoms with van der Waals surface area (Å²) >= 11 is 0. The molecule has 0 radical (unpaired) electrons. The largest absolute Gasteiger partial charge is 0.480 e. The van der Waals surface area contributed by atoms with Crippen LogP contribution in [0.25, 0.3) is 0 Å². The Kier molecular flexibility index (Phi) is 9.18. The molecule has 0 bridgehead atoms. The number of carbonyl (C=O) groups excluding carboxylic acids is 1. The molecule has 2 amide bonds. The summed E-state index contributed by atoms with van der Waals surface area (Å²) in [6.45, 7) is 2.76. The Labute approximate surface area is 113 Å². The molecule has 0 aromatic rings. The number of aliphatic carboxylic acids is 1. The number of methoxy groups -OCH3 is 1. The first-order valence-electron chi connectivity index (χ1n) is 6.20. The number of carbonyl (C=O) groups is 2. The molecule has 0 saturated carbocycles. The van der Waals surface area contributed by atoms with Gasteiger partial charge >= 0.3 is 12.0 Å². The molecule has 0 saturated heterocycles. The van der Waals surface area contributed by atoms with E-state index in [-0.39, 0.29) is 13.0 Å². The number of nitriles is 1. The minimum absolute atomic E-state index is 0.197. The van der Waals surface area contributed by atoms with Crippen LogP contribution in [0.15, 0.2) is 0 Å². The highest BCUT2D eigenvalue weighted by molar-refractivity contribution is 5.82. The van der Waals surface area contributed by atoms with E-state index in [1.165, 1.54) is 12.0 Å². The van der Waals surface area contributed by atoms with Gasteiger partial charge in [-0.2, -0.15) is 5.26 Å². The van der Waals surface area contributed by atoms with Crippen LogP contribution in [-0.4, -0.2) is 54.9 Å². The third-order valence-corrected chi connectivity index (χ3v) is 2.52. The van der Waals surface area contributed by atoms with Crippen LogP contribution in [0.5, 0.6) is 0 Å². The summed E-state index contributed by atoms with van der Waals surface area (Å²) < 4.78 is 4.88. The first-order chi connectivity index (χ1) is 9.06. The lowest BCUT2D eigenvalue weighted by atomic mass is 10.2. The number of ether oxygens (including phenoxy) is 1. The number of amides is 2. The lowest BCUT2D eigenvalue weighted by molar-refractivity contribution is -0.139. The summed E-state index contributed by atoms with van der Waals surface area (Å²) in [6, 6.07) is 0.575. The zero-order valence-electron chi connectivity index (χ0n) is 11.4. The normalized spacial score (nSPS) is 11.4. The lowest BCUT2D eigenvalue weighted by Crippen LogP contribution is -2.49. The van der Waals surface area contributed by atoms with Gasteiger partial charge in [0.25, 0.3) is 0 Å². The molecule has 0 aromatic carbocycles. The van der Waals surface area contributed by atoms with Crippen LogP contribution in [-0.2, 0) is 9.53 Å². The summed E-state index contributed by atoms with van der Waals surface area (Å²) in [7, 11) is 1.51. The van der Waals surface area contributed by atoms with Crippen LogP contribution in [0.4, 0.5) is 4.79 Å². The fourth-order valence-corrected chi connectivity index (χ4v) is 1.49. The van der Waals surface area contributed by atoms with Gasteiger partial charge in [-0.3, -0.25) is 0 Å². The molecule has 0 rings (SSSR count). The summed E-state index contributed by atoms with van der Waals surface area (Å²) in [5.74, 6) is -1.05. The number of rotatable bonds is 9. The fraction of sp³-hybridized carbons (Fsp3) is 0.750. The summed E-state index contributed by atoms with van der Waals surface area (Å²) in [4.78, 5) is 24.3. The second-order valence-electron chi connectivity index (χ2n) is 4.02. The fourth-order valence-electron chi connectivity index (χ4n) is 1.49. The number of hydrogen-bond acceptors (Lipinski definition) is 4. The minimum Gasteiger partial charge on any atom is -0.480 e. The van der Waals surface area contributed by atoms with Gasteiger partial charge in [-0.25, -0.2) is 9.59 Å². The molecule has 0 aliphatic heterocycles. The Morgan fingerprint density at radius 2 is 2.16 bits per heavy atom. The Hall–Kier alpha value is -1.81. The summed E-state index contributed by atoms with van der Waals surface area (Å²) in [6.07, 6.45) is 1.23. The maximum absolute atomic E-state index is 11.9. The minimum atomic E-state index is -1.05. The van der Waals surface area contributed by atoms with Crippen LogP contribution in [0, 0.1) is 11.3 Å². The van der Waals surface area contributed by atoms with Crippen LogP contribution in [0.3, 0.4) is 0 Å². The number of carboxylic acids is 1. The number of urea groups is 1. The highest BCUT2D eigenvalue weighted by atomic mass is 16.5.